The van der Waals surface area contributed by atoms with Crippen molar-refractivity contribution in [3.63, 3.8) is 0 Å². The summed E-state index contributed by atoms with van der Waals surface area (Å²) in [4.78, 5) is 11.8. The molecule has 1 fully saturated rings. The molecule has 3 rings (SSSR count). The van der Waals surface area contributed by atoms with Gasteiger partial charge in [0.1, 0.15) is 11.6 Å². The van der Waals surface area contributed by atoms with Gasteiger partial charge in [-0.25, -0.2) is 8.78 Å². The van der Waals surface area contributed by atoms with E-state index >= 15 is 0 Å². The summed E-state index contributed by atoms with van der Waals surface area (Å²) < 4.78 is 27.3. The number of rotatable bonds is 9. The molecule has 34 heavy (non-hydrogen) atoms. The number of nitrogens with one attached hydrogen (secondary N) is 2. The molecule has 4 nitrogen and oxygen atoms in total. The van der Waals surface area contributed by atoms with Crippen molar-refractivity contribution in [2.24, 2.45) is 0 Å². The normalized spacial score (nSPS) is 17.0. The predicted octanol–water partition coefficient (Wildman–Crippen LogP) is 5.37. The van der Waals surface area contributed by atoms with E-state index in [1.807, 2.05) is 0 Å². The SMILES string of the molecule is CC(=O)N[C@@H](Cc1cc(F)cc(F)c1)[C@H](O)CNC1(c2cccc(C(C)C)c2)CCCCC1.Cl. The maximum Gasteiger partial charge on any atom is 0.217 e. The van der Waals surface area contributed by atoms with E-state index in [-0.39, 0.29) is 36.8 Å². The highest BCUT2D eigenvalue weighted by molar-refractivity contribution is 5.85. The van der Waals surface area contributed by atoms with E-state index in [1.165, 1.54) is 36.6 Å². The van der Waals surface area contributed by atoms with Crippen molar-refractivity contribution in [3.8, 4) is 0 Å². The van der Waals surface area contributed by atoms with Gasteiger partial charge < -0.3 is 15.7 Å². The van der Waals surface area contributed by atoms with Crippen LogP contribution in [0.4, 0.5) is 8.78 Å². The lowest BCUT2D eigenvalue weighted by molar-refractivity contribution is -0.120. The smallest absolute Gasteiger partial charge is 0.217 e. The first-order chi connectivity index (χ1) is 15.7. The number of aliphatic hydroxyl groups excluding tert-OH is 1. The number of hydrogen-bond donors (Lipinski definition) is 3. The van der Waals surface area contributed by atoms with Crippen molar-refractivity contribution in [2.75, 3.05) is 6.54 Å². The summed E-state index contributed by atoms with van der Waals surface area (Å²) in [6, 6.07) is 11.3. The van der Waals surface area contributed by atoms with E-state index in [2.05, 4.69) is 48.7 Å². The van der Waals surface area contributed by atoms with Gasteiger partial charge in [0.15, 0.2) is 0 Å². The van der Waals surface area contributed by atoms with Crippen molar-refractivity contribution in [3.05, 3.63) is 70.8 Å². The molecule has 0 radical (unpaired) electrons. The Labute approximate surface area is 207 Å². The van der Waals surface area contributed by atoms with Gasteiger partial charge in [-0.1, -0.05) is 57.4 Å². The topological polar surface area (TPSA) is 61.4 Å². The molecule has 1 amide bonds. The zero-order valence-electron chi connectivity index (χ0n) is 20.2. The second-order valence-electron chi connectivity index (χ2n) is 9.66. The van der Waals surface area contributed by atoms with E-state index in [9.17, 15) is 18.7 Å². The lowest BCUT2D eigenvalue weighted by atomic mass is 9.75. The Morgan fingerprint density at radius 2 is 1.71 bits per heavy atom. The molecule has 0 unspecified atom stereocenters. The van der Waals surface area contributed by atoms with E-state index in [1.54, 1.807) is 0 Å². The molecule has 7 heteroatoms. The zero-order valence-corrected chi connectivity index (χ0v) is 21.1. The fourth-order valence-corrected chi connectivity index (χ4v) is 4.89. The Hall–Kier alpha value is -2.02. The summed E-state index contributed by atoms with van der Waals surface area (Å²) in [5.41, 5.74) is 2.66. The third kappa shape index (κ3) is 7.49. The standard InChI is InChI=1S/C27H36F2N2O2.ClH/c1-18(2)21-8-7-9-22(15-21)27(10-5-4-6-11-27)30-17-26(33)25(31-19(3)32)14-20-12-23(28)16-24(29)13-20;/h7-9,12-13,15-16,18,25-26,30,33H,4-6,10-11,14,17H2,1-3H3,(H,31,32);1H/t25-,26+;/m0./s1. The highest BCUT2D eigenvalue weighted by Gasteiger charge is 2.35. The van der Waals surface area contributed by atoms with Gasteiger partial charge in [0, 0.05) is 25.1 Å². The Bertz CT molecular complexity index is 928. The summed E-state index contributed by atoms with van der Waals surface area (Å²) in [6.07, 6.45) is 4.55. The highest BCUT2D eigenvalue weighted by Crippen LogP contribution is 2.38. The van der Waals surface area contributed by atoms with Gasteiger partial charge in [0.25, 0.3) is 0 Å². The Morgan fingerprint density at radius 1 is 1.06 bits per heavy atom. The van der Waals surface area contributed by atoms with Crippen LogP contribution in [0.1, 0.15) is 75.5 Å². The van der Waals surface area contributed by atoms with Gasteiger partial charge in [-0.05, 0) is 54.0 Å². The van der Waals surface area contributed by atoms with Crippen LogP contribution in [0.3, 0.4) is 0 Å². The highest BCUT2D eigenvalue weighted by atomic mass is 35.5. The number of aliphatic hydroxyl groups is 1. The monoisotopic (exact) mass is 494 g/mol. The molecule has 2 atom stereocenters. The van der Waals surface area contributed by atoms with E-state index in [0.717, 1.165) is 31.7 Å². The molecule has 0 aliphatic heterocycles. The van der Waals surface area contributed by atoms with Crippen molar-refractivity contribution in [2.45, 2.75) is 82.9 Å². The first-order valence-electron chi connectivity index (χ1n) is 11.9. The van der Waals surface area contributed by atoms with Gasteiger partial charge in [-0.3, -0.25) is 4.79 Å². The largest absolute Gasteiger partial charge is 0.390 e. The number of carbonyl (C=O) groups excluding carboxylic acids is 1. The first-order valence-corrected chi connectivity index (χ1v) is 11.9. The van der Waals surface area contributed by atoms with Gasteiger partial charge >= 0.3 is 0 Å². The molecule has 0 saturated heterocycles. The third-order valence-corrected chi connectivity index (χ3v) is 6.69. The molecule has 0 spiro atoms. The van der Waals surface area contributed by atoms with Crippen molar-refractivity contribution >= 4 is 18.3 Å². The molecule has 0 bridgehead atoms. The molecular formula is C27H37ClF2N2O2. The van der Waals surface area contributed by atoms with Crippen molar-refractivity contribution < 1.29 is 18.7 Å². The summed E-state index contributed by atoms with van der Waals surface area (Å²) in [7, 11) is 0. The van der Waals surface area contributed by atoms with Crippen LogP contribution in [0.25, 0.3) is 0 Å². The maximum atomic E-state index is 13.7. The molecule has 2 aromatic rings. The molecule has 188 valence electrons. The van der Waals surface area contributed by atoms with E-state index < -0.39 is 23.8 Å². The Morgan fingerprint density at radius 3 is 2.29 bits per heavy atom. The zero-order chi connectivity index (χ0) is 24.0. The third-order valence-electron chi connectivity index (χ3n) is 6.69. The van der Waals surface area contributed by atoms with Crippen LogP contribution in [-0.4, -0.2) is 29.7 Å². The van der Waals surface area contributed by atoms with Crippen LogP contribution in [0.15, 0.2) is 42.5 Å². The minimum Gasteiger partial charge on any atom is -0.390 e. The fourth-order valence-electron chi connectivity index (χ4n) is 4.89. The van der Waals surface area contributed by atoms with Crippen molar-refractivity contribution in [1.82, 2.24) is 10.6 Å². The van der Waals surface area contributed by atoms with Gasteiger partial charge in [0.05, 0.1) is 12.1 Å². The summed E-state index contributed by atoms with van der Waals surface area (Å²) in [5, 5.41) is 17.4. The van der Waals surface area contributed by atoms with Gasteiger partial charge in [-0.2, -0.15) is 0 Å². The fraction of sp³-hybridized carbons (Fsp3) is 0.519. The molecule has 0 aromatic heterocycles. The average Bonchev–Trinajstić information content (AvgIpc) is 2.77. The maximum absolute atomic E-state index is 13.7. The summed E-state index contributed by atoms with van der Waals surface area (Å²) >= 11 is 0. The van der Waals surface area contributed by atoms with Crippen LogP contribution in [0, 0.1) is 11.6 Å². The molecule has 0 heterocycles. The second-order valence-corrected chi connectivity index (χ2v) is 9.66. The lowest BCUT2D eigenvalue weighted by Crippen LogP contribution is -2.53. The number of amides is 1. The van der Waals surface area contributed by atoms with Crippen molar-refractivity contribution in [1.29, 1.82) is 0 Å². The van der Waals surface area contributed by atoms with Crippen LogP contribution < -0.4 is 10.6 Å². The van der Waals surface area contributed by atoms with Crippen LogP contribution >= 0.6 is 12.4 Å². The minimum absolute atomic E-state index is 0. The molecule has 2 aromatic carbocycles. The number of halogens is 3. The first kappa shape index (κ1) is 28.2. The van der Waals surface area contributed by atoms with Crippen LogP contribution in [0.5, 0.6) is 0 Å². The van der Waals surface area contributed by atoms with Crippen LogP contribution in [-0.2, 0) is 16.8 Å². The molecule has 1 aliphatic carbocycles. The summed E-state index contributed by atoms with van der Waals surface area (Å²) in [6.45, 7) is 5.99. The molecular weight excluding hydrogens is 458 g/mol. The number of hydrogen-bond acceptors (Lipinski definition) is 3. The lowest BCUT2D eigenvalue weighted by Gasteiger charge is -2.40. The predicted molar refractivity (Wildman–Crippen MR) is 134 cm³/mol. The summed E-state index contributed by atoms with van der Waals surface area (Å²) in [5.74, 6) is -1.23. The minimum atomic E-state index is -0.924. The second kappa shape index (κ2) is 12.6. The van der Waals surface area contributed by atoms with E-state index in [0.29, 0.717) is 11.5 Å². The van der Waals surface area contributed by atoms with E-state index in [4.69, 9.17) is 0 Å². The Kier molecular flexibility index (Phi) is 10.5. The molecule has 3 N–H and O–H groups in total. The Balaban J connectivity index is 0.00000408. The average molecular weight is 495 g/mol. The number of carbonyl (C=O) groups is 1. The van der Waals surface area contributed by atoms with Gasteiger partial charge in [-0.15, -0.1) is 12.4 Å². The van der Waals surface area contributed by atoms with Crippen LogP contribution in [0.2, 0.25) is 0 Å². The number of benzene rings is 2. The molecule has 1 aliphatic rings. The quantitative estimate of drug-likeness (QED) is 0.439. The van der Waals surface area contributed by atoms with Gasteiger partial charge in [0.2, 0.25) is 5.91 Å². The molecule has 1 saturated carbocycles.